The van der Waals surface area contributed by atoms with E-state index in [0.29, 0.717) is 18.0 Å². The van der Waals surface area contributed by atoms with Crippen LogP contribution in [0.5, 0.6) is 0 Å². The molecule has 1 fully saturated rings. The minimum atomic E-state index is -1.06. The van der Waals surface area contributed by atoms with Crippen molar-refractivity contribution in [1.29, 1.82) is 0 Å². The molecular formula is C14H20N2O3. The number of amides is 1. The van der Waals surface area contributed by atoms with Gasteiger partial charge in [0.15, 0.2) is 0 Å². The Bertz CT molecular complexity index is 473. The van der Waals surface area contributed by atoms with Gasteiger partial charge in [-0.3, -0.25) is 4.79 Å². The van der Waals surface area contributed by atoms with Crippen molar-refractivity contribution in [2.24, 2.45) is 5.92 Å². The number of aromatic nitrogens is 1. The molecule has 0 spiro atoms. The molecule has 1 aromatic rings. The number of carbonyl (C=O) groups is 2. The Balaban J connectivity index is 1.89. The minimum Gasteiger partial charge on any atom is -0.477 e. The van der Waals surface area contributed by atoms with E-state index in [1.165, 1.54) is 25.7 Å². The SMILES string of the molecule is Cc1cc(NC(=O)CCC2CCCC2)c(C(=O)O)[nH]1. The van der Waals surface area contributed by atoms with Crippen LogP contribution in [0.3, 0.4) is 0 Å². The summed E-state index contributed by atoms with van der Waals surface area (Å²) < 4.78 is 0. The number of rotatable bonds is 5. The second kappa shape index (κ2) is 5.91. The molecule has 5 heteroatoms. The summed E-state index contributed by atoms with van der Waals surface area (Å²) >= 11 is 0. The van der Waals surface area contributed by atoms with Crippen molar-refractivity contribution in [2.75, 3.05) is 5.32 Å². The molecule has 1 aromatic heterocycles. The summed E-state index contributed by atoms with van der Waals surface area (Å²) in [6, 6.07) is 1.65. The van der Waals surface area contributed by atoms with Crippen molar-refractivity contribution in [3.63, 3.8) is 0 Å². The van der Waals surface area contributed by atoms with Crippen LogP contribution < -0.4 is 5.32 Å². The van der Waals surface area contributed by atoms with Gasteiger partial charge in [-0.2, -0.15) is 0 Å². The summed E-state index contributed by atoms with van der Waals surface area (Å²) in [5.74, 6) is -0.495. The first-order valence-corrected chi connectivity index (χ1v) is 6.79. The fourth-order valence-electron chi connectivity index (χ4n) is 2.70. The number of hydrogen-bond donors (Lipinski definition) is 3. The van der Waals surface area contributed by atoms with Gasteiger partial charge in [0.05, 0.1) is 5.69 Å². The normalized spacial score (nSPS) is 15.6. The maximum Gasteiger partial charge on any atom is 0.354 e. The van der Waals surface area contributed by atoms with Gasteiger partial charge in [0, 0.05) is 12.1 Å². The number of carboxylic acids is 1. The van der Waals surface area contributed by atoms with Crippen LogP contribution in [0.25, 0.3) is 0 Å². The van der Waals surface area contributed by atoms with E-state index in [1.54, 1.807) is 13.0 Å². The number of carbonyl (C=O) groups excluding carboxylic acids is 1. The standard InChI is InChI=1S/C14H20N2O3/c1-9-8-11(13(15-9)14(18)19)16-12(17)7-6-10-4-2-3-5-10/h8,10,15H,2-7H2,1H3,(H,16,17)(H,18,19). The van der Waals surface area contributed by atoms with Gasteiger partial charge in [-0.05, 0) is 25.3 Å². The maximum atomic E-state index is 11.8. The zero-order chi connectivity index (χ0) is 13.8. The molecule has 0 unspecified atom stereocenters. The van der Waals surface area contributed by atoms with Crippen molar-refractivity contribution in [2.45, 2.75) is 45.4 Å². The molecule has 2 rings (SSSR count). The number of anilines is 1. The number of aryl methyl sites for hydroxylation is 1. The first-order valence-electron chi connectivity index (χ1n) is 6.79. The first kappa shape index (κ1) is 13.6. The maximum absolute atomic E-state index is 11.8. The smallest absolute Gasteiger partial charge is 0.354 e. The fraction of sp³-hybridized carbons (Fsp3) is 0.571. The van der Waals surface area contributed by atoms with E-state index < -0.39 is 5.97 Å². The summed E-state index contributed by atoms with van der Waals surface area (Å²) in [4.78, 5) is 25.6. The summed E-state index contributed by atoms with van der Waals surface area (Å²) in [5, 5.41) is 11.7. The van der Waals surface area contributed by atoms with Crippen molar-refractivity contribution >= 4 is 17.6 Å². The van der Waals surface area contributed by atoms with Crippen LogP contribution in [-0.2, 0) is 4.79 Å². The topological polar surface area (TPSA) is 82.2 Å². The Morgan fingerprint density at radius 3 is 2.74 bits per heavy atom. The molecule has 1 aliphatic carbocycles. The monoisotopic (exact) mass is 264 g/mol. The van der Waals surface area contributed by atoms with Gasteiger partial charge in [0.1, 0.15) is 5.69 Å². The number of nitrogens with one attached hydrogen (secondary N) is 2. The molecule has 0 aliphatic heterocycles. The van der Waals surface area contributed by atoms with E-state index in [-0.39, 0.29) is 11.6 Å². The Morgan fingerprint density at radius 1 is 1.42 bits per heavy atom. The minimum absolute atomic E-state index is 0.0479. The number of H-pyrrole nitrogens is 1. The largest absolute Gasteiger partial charge is 0.477 e. The lowest BCUT2D eigenvalue weighted by Gasteiger charge is -2.08. The number of aromatic carboxylic acids is 1. The van der Waals surface area contributed by atoms with Gasteiger partial charge in [0.25, 0.3) is 0 Å². The van der Waals surface area contributed by atoms with Crippen LogP contribution >= 0.6 is 0 Å². The second-order valence-corrected chi connectivity index (χ2v) is 5.28. The Kier molecular flexibility index (Phi) is 4.24. The number of carboxylic acid groups (broad SMARTS) is 1. The molecule has 0 bridgehead atoms. The second-order valence-electron chi connectivity index (χ2n) is 5.28. The van der Waals surface area contributed by atoms with Gasteiger partial charge in [-0.25, -0.2) is 4.79 Å². The molecule has 19 heavy (non-hydrogen) atoms. The first-order chi connectivity index (χ1) is 9.06. The molecule has 1 saturated carbocycles. The van der Waals surface area contributed by atoms with Crippen LogP contribution in [0.2, 0.25) is 0 Å². The lowest BCUT2D eigenvalue weighted by atomic mass is 10.0. The van der Waals surface area contributed by atoms with Crippen LogP contribution in [0.15, 0.2) is 6.07 Å². The molecule has 1 heterocycles. The molecule has 0 atom stereocenters. The van der Waals surface area contributed by atoms with Gasteiger partial charge in [-0.15, -0.1) is 0 Å². The summed E-state index contributed by atoms with van der Waals surface area (Å²) in [6.45, 7) is 1.76. The third-order valence-electron chi connectivity index (χ3n) is 3.69. The predicted octanol–water partition coefficient (Wildman–Crippen LogP) is 2.93. The predicted molar refractivity (Wildman–Crippen MR) is 72.3 cm³/mol. The van der Waals surface area contributed by atoms with E-state index in [2.05, 4.69) is 10.3 Å². The molecule has 3 N–H and O–H groups in total. The zero-order valence-electron chi connectivity index (χ0n) is 11.2. The molecule has 0 saturated heterocycles. The summed E-state index contributed by atoms with van der Waals surface area (Å²) in [6.07, 6.45) is 6.35. The molecule has 104 valence electrons. The highest BCUT2D eigenvalue weighted by Crippen LogP contribution is 2.28. The molecule has 1 aliphatic rings. The van der Waals surface area contributed by atoms with Crippen LogP contribution in [0, 0.1) is 12.8 Å². The zero-order valence-corrected chi connectivity index (χ0v) is 11.2. The Morgan fingerprint density at radius 2 is 2.11 bits per heavy atom. The molecular weight excluding hydrogens is 244 g/mol. The third-order valence-corrected chi connectivity index (χ3v) is 3.69. The van der Waals surface area contributed by atoms with E-state index in [4.69, 9.17) is 5.11 Å². The molecule has 5 nitrogen and oxygen atoms in total. The van der Waals surface area contributed by atoms with Crippen molar-refractivity contribution < 1.29 is 14.7 Å². The van der Waals surface area contributed by atoms with Crippen LogP contribution in [0.4, 0.5) is 5.69 Å². The van der Waals surface area contributed by atoms with E-state index >= 15 is 0 Å². The van der Waals surface area contributed by atoms with E-state index in [0.717, 1.165) is 12.1 Å². The van der Waals surface area contributed by atoms with E-state index in [1.807, 2.05) is 0 Å². The molecule has 0 aromatic carbocycles. The quantitative estimate of drug-likeness (QED) is 0.764. The van der Waals surface area contributed by atoms with Crippen molar-refractivity contribution in [1.82, 2.24) is 4.98 Å². The number of hydrogen-bond acceptors (Lipinski definition) is 2. The highest BCUT2D eigenvalue weighted by Gasteiger charge is 2.18. The van der Waals surface area contributed by atoms with Gasteiger partial charge >= 0.3 is 5.97 Å². The lowest BCUT2D eigenvalue weighted by molar-refractivity contribution is -0.116. The summed E-state index contributed by atoms with van der Waals surface area (Å²) in [7, 11) is 0. The van der Waals surface area contributed by atoms with Gasteiger partial charge in [0.2, 0.25) is 5.91 Å². The number of aromatic amines is 1. The van der Waals surface area contributed by atoms with Crippen molar-refractivity contribution in [3.05, 3.63) is 17.5 Å². The summed E-state index contributed by atoms with van der Waals surface area (Å²) in [5.41, 5.74) is 1.14. The van der Waals surface area contributed by atoms with Crippen molar-refractivity contribution in [3.8, 4) is 0 Å². The average Bonchev–Trinajstić information content (AvgIpc) is 2.96. The van der Waals surface area contributed by atoms with Crippen LogP contribution in [-0.4, -0.2) is 22.0 Å². The average molecular weight is 264 g/mol. The van der Waals surface area contributed by atoms with Gasteiger partial charge < -0.3 is 15.4 Å². The Labute approximate surface area is 112 Å². The lowest BCUT2D eigenvalue weighted by Crippen LogP contribution is -2.14. The fourth-order valence-corrected chi connectivity index (χ4v) is 2.70. The third kappa shape index (κ3) is 3.59. The Hall–Kier alpha value is -1.78. The highest BCUT2D eigenvalue weighted by molar-refractivity contribution is 5.99. The van der Waals surface area contributed by atoms with Gasteiger partial charge in [-0.1, -0.05) is 25.7 Å². The van der Waals surface area contributed by atoms with Crippen LogP contribution in [0.1, 0.15) is 54.7 Å². The molecule has 0 radical (unpaired) electrons. The van der Waals surface area contributed by atoms with E-state index in [9.17, 15) is 9.59 Å². The molecule has 1 amide bonds. The highest BCUT2D eigenvalue weighted by atomic mass is 16.4.